The number of esters is 1. The highest BCUT2D eigenvalue weighted by Gasteiger charge is 2.03. The van der Waals surface area contributed by atoms with Crippen molar-refractivity contribution in [1.82, 2.24) is 0 Å². The molecule has 0 aliphatic rings. The zero-order valence-electron chi connectivity index (χ0n) is 8.37. The molecule has 74 valence electrons. The predicted octanol–water partition coefficient (Wildman–Crippen LogP) is 2.05. The summed E-state index contributed by atoms with van der Waals surface area (Å²) in [6.45, 7) is 3.81. The maximum atomic E-state index is 11.1. The molecule has 0 aromatic carbocycles. The number of carbonyl (C=O) groups is 1. The van der Waals surface area contributed by atoms with E-state index in [4.69, 9.17) is 4.74 Å². The van der Waals surface area contributed by atoms with E-state index in [0.29, 0.717) is 6.42 Å². The van der Waals surface area contributed by atoms with Gasteiger partial charge < -0.3 is 9.47 Å². The van der Waals surface area contributed by atoms with Gasteiger partial charge in [-0.3, -0.25) is 4.79 Å². The molecule has 0 heterocycles. The fourth-order valence-electron chi connectivity index (χ4n) is 0.814. The predicted molar refractivity (Wildman–Crippen MR) is 51.2 cm³/mol. The van der Waals surface area contributed by atoms with Crippen LogP contribution in [0.4, 0.5) is 0 Å². The molecule has 3 nitrogen and oxygen atoms in total. The summed E-state index contributed by atoms with van der Waals surface area (Å²) < 4.78 is 9.34. The maximum absolute atomic E-state index is 11.1. The van der Waals surface area contributed by atoms with Crippen molar-refractivity contribution in [3.63, 3.8) is 0 Å². The molecule has 0 saturated carbocycles. The molecular weight excluding hydrogens is 168 g/mol. The van der Waals surface area contributed by atoms with Gasteiger partial charge in [0.05, 0.1) is 6.42 Å². The molecule has 0 spiro atoms. The van der Waals surface area contributed by atoms with E-state index in [1.165, 1.54) is 7.11 Å². The van der Waals surface area contributed by atoms with Crippen molar-refractivity contribution in [3.05, 3.63) is 23.8 Å². The summed E-state index contributed by atoms with van der Waals surface area (Å²) in [5.74, 6) is -0.270. The first kappa shape index (κ1) is 11.9. The first-order valence-electron chi connectivity index (χ1n) is 4.17. The minimum absolute atomic E-state index is 0.0195. The average molecular weight is 184 g/mol. The zero-order chi connectivity index (χ0) is 10.1. The summed E-state index contributed by atoms with van der Waals surface area (Å²) in [5, 5.41) is 0. The van der Waals surface area contributed by atoms with Gasteiger partial charge in [-0.25, -0.2) is 0 Å². The lowest BCUT2D eigenvalue weighted by molar-refractivity contribution is -0.153. The van der Waals surface area contributed by atoms with Gasteiger partial charge in [-0.15, -0.1) is 0 Å². The van der Waals surface area contributed by atoms with Gasteiger partial charge in [-0.1, -0.05) is 18.2 Å². The molecule has 0 N–H and O–H groups in total. The highest BCUT2D eigenvalue weighted by atomic mass is 16.7. The van der Waals surface area contributed by atoms with Gasteiger partial charge in [-0.05, 0) is 19.4 Å². The van der Waals surface area contributed by atoms with Crippen molar-refractivity contribution >= 4 is 5.97 Å². The summed E-state index contributed by atoms with van der Waals surface area (Å²) in [6.07, 6.45) is 5.95. The third-order valence-electron chi connectivity index (χ3n) is 1.44. The Morgan fingerprint density at radius 1 is 1.38 bits per heavy atom. The van der Waals surface area contributed by atoms with Crippen LogP contribution in [0.3, 0.4) is 0 Å². The van der Waals surface area contributed by atoms with Crippen LogP contribution < -0.4 is 0 Å². The van der Waals surface area contributed by atoms with Crippen LogP contribution in [0.25, 0.3) is 0 Å². The lowest BCUT2D eigenvalue weighted by Gasteiger charge is -2.03. The zero-order valence-corrected chi connectivity index (χ0v) is 8.37. The maximum Gasteiger partial charge on any atom is 0.312 e. The molecule has 0 unspecified atom stereocenters. The first-order chi connectivity index (χ1) is 6.24. The van der Waals surface area contributed by atoms with Crippen molar-refractivity contribution in [2.24, 2.45) is 0 Å². The molecule has 0 rings (SSSR count). The Labute approximate surface area is 79.0 Å². The van der Waals surface area contributed by atoms with Crippen LogP contribution in [0.5, 0.6) is 0 Å². The van der Waals surface area contributed by atoms with Crippen LogP contribution in [0.2, 0.25) is 0 Å². The number of rotatable bonds is 5. The Morgan fingerprint density at radius 3 is 2.54 bits per heavy atom. The minimum atomic E-state index is -0.270. The smallest absolute Gasteiger partial charge is 0.312 e. The van der Waals surface area contributed by atoms with E-state index in [0.717, 1.165) is 5.57 Å². The second kappa shape index (κ2) is 7.55. The van der Waals surface area contributed by atoms with Crippen molar-refractivity contribution in [3.8, 4) is 0 Å². The summed E-state index contributed by atoms with van der Waals surface area (Å²) in [5.41, 5.74) is 0.948. The third-order valence-corrected chi connectivity index (χ3v) is 1.44. The number of hydrogen-bond donors (Lipinski definition) is 0. The lowest BCUT2D eigenvalue weighted by Crippen LogP contribution is -2.07. The summed E-state index contributed by atoms with van der Waals surface area (Å²) in [7, 11) is 1.48. The molecule has 0 aromatic heterocycles. The van der Waals surface area contributed by atoms with Crippen molar-refractivity contribution in [2.45, 2.75) is 20.3 Å². The quantitative estimate of drug-likeness (QED) is 0.372. The highest BCUT2D eigenvalue weighted by molar-refractivity contribution is 5.73. The van der Waals surface area contributed by atoms with E-state index in [1.807, 2.05) is 32.1 Å². The van der Waals surface area contributed by atoms with E-state index >= 15 is 0 Å². The fourth-order valence-corrected chi connectivity index (χ4v) is 0.814. The molecule has 0 aromatic rings. The number of allylic oxidation sites excluding steroid dienone is 3. The molecule has 0 saturated heterocycles. The van der Waals surface area contributed by atoms with Gasteiger partial charge in [0.25, 0.3) is 0 Å². The summed E-state index contributed by atoms with van der Waals surface area (Å²) in [4.78, 5) is 11.1. The fraction of sp³-hybridized carbons (Fsp3) is 0.500. The molecule has 0 radical (unpaired) electrons. The van der Waals surface area contributed by atoms with Gasteiger partial charge in [0.2, 0.25) is 0 Å². The number of ether oxygens (including phenoxy) is 2. The standard InChI is InChI=1S/C10H16O3/c1-4-6-9(5-2)7-10(11)13-8-12-3/h4-6H,7-8H2,1-3H3/b6-4-,9-5+. The van der Waals surface area contributed by atoms with Gasteiger partial charge in [0.1, 0.15) is 0 Å². The Morgan fingerprint density at radius 2 is 2.08 bits per heavy atom. The van der Waals surface area contributed by atoms with Crippen LogP contribution in [0, 0.1) is 0 Å². The van der Waals surface area contributed by atoms with E-state index < -0.39 is 0 Å². The molecule has 0 amide bonds. The topological polar surface area (TPSA) is 35.5 Å². The van der Waals surface area contributed by atoms with E-state index in [2.05, 4.69) is 4.74 Å². The third kappa shape index (κ3) is 6.11. The van der Waals surface area contributed by atoms with Crippen LogP contribution >= 0.6 is 0 Å². The van der Waals surface area contributed by atoms with E-state index in [1.54, 1.807) is 0 Å². The normalized spacial score (nSPS) is 12.1. The number of hydrogen-bond acceptors (Lipinski definition) is 3. The van der Waals surface area contributed by atoms with Gasteiger partial charge >= 0.3 is 5.97 Å². The van der Waals surface area contributed by atoms with Crippen molar-refractivity contribution in [2.75, 3.05) is 13.9 Å². The molecule has 0 fully saturated rings. The number of methoxy groups -OCH3 is 1. The Kier molecular flexibility index (Phi) is 6.92. The lowest BCUT2D eigenvalue weighted by atomic mass is 10.1. The largest absolute Gasteiger partial charge is 0.438 e. The van der Waals surface area contributed by atoms with Crippen molar-refractivity contribution in [1.29, 1.82) is 0 Å². The molecule has 13 heavy (non-hydrogen) atoms. The van der Waals surface area contributed by atoms with Crippen LogP contribution in [0.15, 0.2) is 23.8 Å². The monoisotopic (exact) mass is 184 g/mol. The molecule has 0 atom stereocenters. The summed E-state index contributed by atoms with van der Waals surface area (Å²) in [6, 6.07) is 0. The summed E-state index contributed by atoms with van der Waals surface area (Å²) >= 11 is 0. The van der Waals surface area contributed by atoms with Crippen LogP contribution in [-0.2, 0) is 14.3 Å². The molecule has 0 bridgehead atoms. The average Bonchev–Trinajstić information content (AvgIpc) is 2.14. The second-order valence-electron chi connectivity index (χ2n) is 2.46. The molecule has 0 aliphatic carbocycles. The number of carbonyl (C=O) groups excluding carboxylic acids is 1. The first-order valence-corrected chi connectivity index (χ1v) is 4.17. The van der Waals surface area contributed by atoms with Gasteiger partial charge in [0.15, 0.2) is 6.79 Å². The Balaban J connectivity index is 3.88. The molecular formula is C10H16O3. The van der Waals surface area contributed by atoms with Gasteiger partial charge in [-0.2, -0.15) is 0 Å². The van der Waals surface area contributed by atoms with Crippen LogP contribution in [-0.4, -0.2) is 19.9 Å². The van der Waals surface area contributed by atoms with Gasteiger partial charge in [0, 0.05) is 7.11 Å². The minimum Gasteiger partial charge on any atom is -0.438 e. The second-order valence-corrected chi connectivity index (χ2v) is 2.46. The van der Waals surface area contributed by atoms with Crippen molar-refractivity contribution < 1.29 is 14.3 Å². The Hall–Kier alpha value is -1.09. The van der Waals surface area contributed by atoms with E-state index in [9.17, 15) is 4.79 Å². The molecule has 3 heteroatoms. The SMILES string of the molecule is C/C=C\C(=C/C)CC(=O)OCOC. The van der Waals surface area contributed by atoms with E-state index in [-0.39, 0.29) is 12.8 Å². The Bertz CT molecular complexity index is 204. The van der Waals surface area contributed by atoms with Crippen LogP contribution in [0.1, 0.15) is 20.3 Å². The highest BCUT2D eigenvalue weighted by Crippen LogP contribution is 2.04. The molecule has 0 aliphatic heterocycles.